The number of hydrogen-bond acceptors (Lipinski definition) is 2. The highest BCUT2D eigenvalue weighted by molar-refractivity contribution is 6.04. The predicted octanol–water partition coefficient (Wildman–Crippen LogP) is 6.38. The van der Waals surface area contributed by atoms with Gasteiger partial charge in [0.05, 0.1) is 5.39 Å². The van der Waals surface area contributed by atoms with Gasteiger partial charge in [-0.25, -0.2) is 9.18 Å². The van der Waals surface area contributed by atoms with Crippen LogP contribution in [0.5, 0.6) is 0 Å². The Kier molecular flexibility index (Phi) is 5.85. The molecule has 0 saturated carbocycles. The minimum atomic E-state index is -0.477. The Morgan fingerprint density at radius 2 is 1.52 bits per heavy atom. The lowest BCUT2D eigenvalue weighted by Crippen LogP contribution is -2.02. The predicted molar refractivity (Wildman–Crippen MR) is 102 cm³/mol. The van der Waals surface area contributed by atoms with Gasteiger partial charge in [-0.1, -0.05) is 75.8 Å². The Balaban J connectivity index is 1.76. The summed E-state index contributed by atoms with van der Waals surface area (Å²) in [5.74, 6) is -0.383. The Hall–Kier alpha value is -2.16. The Morgan fingerprint density at radius 1 is 0.840 bits per heavy atom. The standard InChI is InChI=1S/C22H25FO2/c1-2-3-4-5-6-7-8-11-16-14-15-18-17-12-9-10-13-19(17)22(24)25-21(18)20(16)23/h9-10,12-15H,2-8,11H2,1H3. The maximum Gasteiger partial charge on any atom is 0.344 e. The average molecular weight is 340 g/mol. The highest BCUT2D eigenvalue weighted by Gasteiger charge is 2.14. The van der Waals surface area contributed by atoms with Gasteiger partial charge in [0.15, 0.2) is 11.4 Å². The van der Waals surface area contributed by atoms with Gasteiger partial charge in [-0.05, 0) is 24.5 Å². The maximum absolute atomic E-state index is 14.8. The molecule has 0 N–H and O–H groups in total. The molecule has 0 spiro atoms. The first-order valence-electron chi connectivity index (χ1n) is 9.35. The van der Waals surface area contributed by atoms with E-state index in [0.717, 1.165) is 18.2 Å². The molecule has 3 rings (SSSR count). The van der Waals surface area contributed by atoms with Crippen molar-refractivity contribution < 1.29 is 8.81 Å². The molecule has 0 aliphatic heterocycles. The summed E-state index contributed by atoms with van der Waals surface area (Å²) in [6, 6.07) is 10.9. The van der Waals surface area contributed by atoms with Gasteiger partial charge < -0.3 is 4.42 Å². The van der Waals surface area contributed by atoms with Crippen molar-refractivity contribution in [3.8, 4) is 0 Å². The van der Waals surface area contributed by atoms with Crippen LogP contribution in [0.2, 0.25) is 0 Å². The van der Waals surface area contributed by atoms with Crippen molar-refractivity contribution in [3.63, 3.8) is 0 Å². The molecule has 2 aromatic carbocycles. The fourth-order valence-corrected chi connectivity index (χ4v) is 3.42. The highest BCUT2D eigenvalue weighted by atomic mass is 19.1. The molecule has 3 aromatic rings. The van der Waals surface area contributed by atoms with Crippen molar-refractivity contribution in [1.29, 1.82) is 0 Å². The molecule has 0 saturated heterocycles. The van der Waals surface area contributed by atoms with Crippen LogP contribution in [-0.4, -0.2) is 0 Å². The number of aryl methyl sites for hydroxylation is 1. The van der Waals surface area contributed by atoms with E-state index in [9.17, 15) is 9.18 Å². The summed E-state index contributed by atoms with van der Waals surface area (Å²) in [5, 5.41) is 1.90. The number of fused-ring (bicyclic) bond motifs is 3. The molecule has 0 aliphatic carbocycles. The third-order valence-corrected chi connectivity index (χ3v) is 4.86. The summed E-state index contributed by atoms with van der Waals surface area (Å²) in [6.07, 6.45) is 9.07. The van der Waals surface area contributed by atoms with E-state index >= 15 is 0 Å². The summed E-state index contributed by atoms with van der Waals surface area (Å²) in [5.41, 5.74) is 0.249. The van der Waals surface area contributed by atoms with Crippen LogP contribution in [0, 0.1) is 5.82 Å². The Labute approximate surface area is 147 Å². The summed E-state index contributed by atoms with van der Waals surface area (Å²) >= 11 is 0. The lowest BCUT2D eigenvalue weighted by atomic mass is 10.0. The van der Waals surface area contributed by atoms with Crippen LogP contribution >= 0.6 is 0 Å². The normalized spacial score (nSPS) is 11.4. The van der Waals surface area contributed by atoms with Crippen LogP contribution in [0.1, 0.15) is 57.4 Å². The van der Waals surface area contributed by atoms with E-state index in [1.54, 1.807) is 12.1 Å². The molecule has 0 amide bonds. The van der Waals surface area contributed by atoms with Gasteiger partial charge >= 0.3 is 5.63 Å². The van der Waals surface area contributed by atoms with Gasteiger partial charge in [-0.2, -0.15) is 0 Å². The molecule has 3 heteroatoms. The molecular formula is C22H25FO2. The van der Waals surface area contributed by atoms with Gasteiger partial charge in [0, 0.05) is 10.8 Å². The smallest absolute Gasteiger partial charge is 0.344 e. The number of hydrogen-bond donors (Lipinski definition) is 0. The van der Waals surface area contributed by atoms with Gasteiger partial charge in [0.2, 0.25) is 0 Å². The minimum Gasteiger partial charge on any atom is -0.419 e. The van der Waals surface area contributed by atoms with Crippen LogP contribution in [0.15, 0.2) is 45.6 Å². The van der Waals surface area contributed by atoms with Crippen LogP contribution in [-0.2, 0) is 6.42 Å². The molecule has 0 bridgehead atoms. The quantitative estimate of drug-likeness (QED) is 0.271. The largest absolute Gasteiger partial charge is 0.419 e. The maximum atomic E-state index is 14.8. The molecule has 1 heterocycles. The zero-order valence-corrected chi connectivity index (χ0v) is 14.8. The Bertz CT molecular complexity index is 911. The fourth-order valence-electron chi connectivity index (χ4n) is 3.42. The van der Waals surface area contributed by atoms with Crippen LogP contribution in [0.3, 0.4) is 0 Å². The van der Waals surface area contributed by atoms with Gasteiger partial charge in [-0.3, -0.25) is 0 Å². The van der Waals surface area contributed by atoms with Gasteiger partial charge in [-0.15, -0.1) is 0 Å². The van der Waals surface area contributed by atoms with Crippen molar-refractivity contribution in [2.45, 2.75) is 58.3 Å². The van der Waals surface area contributed by atoms with Crippen molar-refractivity contribution in [2.24, 2.45) is 0 Å². The summed E-state index contributed by atoms with van der Waals surface area (Å²) in [6.45, 7) is 2.21. The van der Waals surface area contributed by atoms with E-state index in [2.05, 4.69) is 6.92 Å². The monoisotopic (exact) mass is 340 g/mol. The van der Waals surface area contributed by atoms with E-state index in [1.165, 1.54) is 32.1 Å². The molecule has 0 fully saturated rings. The summed E-state index contributed by atoms with van der Waals surface area (Å²) in [4.78, 5) is 12.1. The topological polar surface area (TPSA) is 30.2 Å². The molecule has 0 aliphatic rings. The molecule has 0 atom stereocenters. The first kappa shape index (κ1) is 17.7. The minimum absolute atomic E-state index is 0.0872. The second-order valence-corrected chi connectivity index (χ2v) is 6.72. The van der Waals surface area contributed by atoms with Crippen LogP contribution in [0.25, 0.3) is 21.7 Å². The molecule has 25 heavy (non-hydrogen) atoms. The van der Waals surface area contributed by atoms with E-state index in [-0.39, 0.29) is 11.4 Å². The lowest BCUT2D eigenvalue weighted by molar-refractivity contribution is 0.521. The molecule has 2 nitrogen and oxygen atoms in total. The van der Waals surface area contributed by atoms with Crippen molar-refractivity contribution in [3.05, 3.63) is 58.2 Å². The van der Waals surface area contributed by atoms with Gasteiger partial charge in [0.25, 0.3) is 0 Å². The first-order valence-corrected chi connectivity index (χ1v) is 9.35. The Morgan fingerprint density at radius 3 is 2.28 bits per heavy atom. The summed E-state index contributed by atoms with van der Waals surface area (Å²) in [7, 11) is 0. The van der Waals surface area contributed by atoms with E-state index in [4.69, 9.17) is 4.42 Å². The second-order valence-electron chi connectivity index (χ2n) is 6.72. The van der Waals surface area contributed by atoms with Crippen LogP contribution < -0.4 is 5.63 Å². The fraction of sp³-hybridized carbons (Fsp3) is 0.409. The van der Waals surface area contributed by atoms with Crippen molar-refractivity contribution in [2.75, 3.05) is 0 Å². The SMILES string of the molecule is CCCCCCCCCc1ccc2c(oc(=O)c3ccccc32)c1F. The third-order valence-electron chi connectivity index (χ3n) is 4.86. The first-order chi connectivity index (χ1) is 12.2. The zero-order chi connectivity index (χ0) is 17.6. The average Bonchev–Trinajstić information content (AvgIpc) is 2.63. The lowest BCUT2D eigenvalue weighted by Gasteiger charge is -2.08. The molecule has 132 valence electrons. The van der Waals surface area contributed by atoms with E-state index in [0.29, 0.717) is 22.8 Å². The van der Waals surface area contributed by atoms with Crippen molar-refractivity contribution in [1.82, 2.24) is 0 Å². The van der Waals surface area contributed by atoms with Crippen molar-refractivity contribution >= 4 is 21.7 Å². The molecular weight excluding hydrogens is 315 g/mol. The molecule has 0 unspecified atom stereocenters. The van der Waals surface area contributed by atoms with E-state index < -0.39 is 5.63 Å². The molecule has 1 aromatic heterocycles. The zero-order valence-electron chi connectivity index (χ0n) is 14.8. The van der Waals surface area contributed by atoms with E-state index in [1.807, 2.05) is 24.3 Å². The number of halogens is 1. The third kappa shape index (κ3) is 3.92. The number of rotatable bonds is 8. The number of benzene rings is 2. The summed E-state index contributed by atoms with van der Waals surface area (Å²) < 4.78 is 20.1. The number of unbranched alkanes of at least 4 members (excludes halogenated alkanes) is 6. The van der Waals surface area contributed by atoms with Crippen LogP contribution in [0.4, 0.5) is 4.39 Å². The highest BCUT2D eigenvalue weighted by Crippen LogP contribution is 2.27. The van der Waals surface area contributed by atoms with Gasteiger partial charge in [0.1, 0.15) is 0 Å². The second kappa shape index (κ2) is 8.28. The molecule has 0 radical (unpaired) electrons.